The molecule has 1 unspecified atom stereocenters. The zero-order valence-corrected chi connectivity index (χ0v) is 33.9. The highest BCUT2D eigenvalue weighted by Gasteiger charge is 2.47. The third-order valence-electron chi connectivity index (χ3n) is 13.5. The molecule has 5 amide bonds. The highest BCUT2D eigenvalue weighted by molar-refractivity contribution is 6.32. The molecule has 0 bridgehead atoms. The van der Waals surface area contributed by atoms with Gasteiger partial charge in [0.2, 0.25) is 17.8 Å². The van der Waals surface area contributed by atoms with Gasteiger partial charge in [0, 0.05) is 101 Å². The van der Waals surface area contributed by atoms with E-state index in [0.29, 0.717) is 60.4 Å². The highest BCUT2D eigenvalue weighted by atomic mass is 35.5. The lowest BCUT2D eigenvalue weighted by Crippen LogP contribution is -2.54. The van der Waals surface area contributed by atoms with Crippen LogP contribution in [0.15, 0.2) is 48.7 Å². The average molecular weight is 819 g/mol. The number of piperidine rings is 3. The predicted octanol–water partition coefficient (Wildman–Crippen LogP) is 3.72. The maximum atomic E-state index is 13.6. The van der Waals surface area contributed by atoms with Crippen LogP contribution in [0.3, 0.4) is 0 Å². The van der Waals surface area contributed by atoms with Gasteiger partial charge in [0.25, 0.3) is 17.7 Å². The zero-order chi connectivity index (χ0) is 41.0. The Kier molecular flexibility index (Phi) is 10.2. The van der Waals surface area contributed by atoms with Crippen LogP contribution in [-0.4, -0.2) is 131 Å². The topological polar surface area (TPSA) is 166 Å². The third-order valence-corrected chi connectivity index (χ3v) is 13.8. The number of imide groups is 2. The lowest BCUT2D eigenvalue weighted by Gasteiger charge is -2.42. The van der Waals surface area contributed by atoms with Crippen molar-refractivity contribution in [2.45, 2.75) is 70.0 Å². The van der Waals surface area contributed by atoms with Crippen LogP contribution < -0.4 is 20.0 Å². The first-order valence-corrected chi connectivity index (χ1v) is 21.1. The van der Waals surface area contributed by atoms with Crippen molar-refractivity contribution in [2.24, 2.45) is 5.41 Å². The first kappa shape index (κ1) is 38.9. The van der Waals surface area contributed by atoms with E-state index in [2.05, 4.69) is 55.1 Å². The minimum atomic E-state index is -1.05. The molecule has 1 aromatic heterocycles. The van der Waals surface area contributed by atoms with Crippen LogP contribution in [0, 0.1) is 16.7 Å². The van der Waals surface area contributed by atoms with Gasteiger partial charge in [0.15, 0.2) is 0 Å². The molecule has 16 heteroatoms. The smallest absolute Gasteiger partial charge is 0.281 e. The van der Waals surface area contributed by atoms with Crippen molar-refractivity contribution in [1.82, 2.24) is 30.0 Å². The first-order chi connectivity index (χ1) is 28.5. The number of halogens is 1. The summed E-state index contributed by atoms with van der Waals surface area (Å²) in [7, 11) is 0. The van der Waals surface area contributed by atoms with Gasteiger partial charge in [-0.1, -0.05) is 11.6 Å². The second kappa shape index (κ2) is 15.5. The van der Waals surface area contributed by atoms with Crippen molar-refractivity contribution in [3.05, 3.63) is 76.1 Å². The Hall–Kier alpha value is -5.59. The number of carbonyl (C=O) groups excluding carboxylic acids is 5. The number of anilines is 3. The quantitative estimate of drug-likeness (QED) is 0.359. The van der Waals surface area contributed by atoms with Gasteiger partial charge < -0.3 is 19.6 Å². The van der Waals surface area contributed by atoms with E-state index >= 15 is 0 Å². The minimum Gasteiger partial charge on any atom is -0.371 e. The summed E-state index contributed by atoms with van der Waals surface area (Å²) in [6.07, 6.45) is 6.56. The fourth-order valence-electron chi connectivity index (χ4n) is 10.1. The van der Waals surface area contributed by atoms with Gasteiger partial charge >= 0.3 is 0 Å². The van der Waals surface area contributed by atoms with Gasteiger partial charge in [-0.25, -0.2) is 9.97 Å². The number of nitriles is 1. The van der Waals surface area contributed by atoms with Gasteiger partial charge in [-0.05, 0) is 93.3 Å². The van der Waals surface area contributed by atoms with Crippen molar-refractivity contribution < 1.29 is 24.0 Å². The van der Waals surface area contributed by atoms with Gasteiger partial charge in [0.05, 0.1) is 16.1 Å². The standard InChI is InChI=1S/C43H47ClN10O5/c1-27-23-43(26-53(27)32-7-4-29(24-45)34(44)22-32)12-16-49(17-13-43)30-5-2-28(3-6-30)39(57)51-20-18-50(19-21-51)31-10-14-52(15-11-31)42-46-25-33-37(48-42)41(59)54(40(33)58)35-8-9-36(55)47-38(35)56/h2-7,22,25,27,31,35H,8-21,23,26H2,1H3,(H,47,55,56)/t27-,35?/m0/s1. The number of benzene rings is 2. The van der Waals surface area contributed by atoms with Crippen LogP contribution in [-0.2, 0) is 9.59 Å². The number of nitrogens with zero attached hydrogens (tertiary/aromatic N) is 9. The van der Waals surface area contributed by atoms with E-state index in [4.69, 9.17) is 11.6 Å². The van der Waals surface area contributed by atoms with Crippen LogP contribution in [0.4, 0.5) is 17.3 Å². The van der Waals surface area contributed by atoms with Crippen LogP contribution in [0.1, 0.15) is 88.6 Å². The summed E-state index contributed by atoms with van der Waals surface area (Å²) in [4.78, 5) is 85.1. The Morgan fingerprint density at radius 3 is 2.27 bits per heavy atom. The van der Waals surface area contributed by atoms with E-state index in [1.165, 1.54) is 6.20 Å². The number of nitrogens with one attached hydrogen (secondary N) is 1. The van der Waals surface area contributed by atoms with Gasteiger partial charge in [0.1, 0.15) is 17.8 Å². The maximum Gasteiger partial charge on any atom is 0.281 e. The number of carbonyl (C=O) groups is 5. The molecule has 5 fully saturated rings. The lowest BCUT2D eigenvalue weighted by atomic mass is 9.76. The Balaban J connectivity index is 0.736. The van der Waals surface area contributed by atoms with E-state index in [0.717, 1.165) is 81.1 Å². The number of amides is 5. The van der Waals surface area contributed by atoms with Crippen LogP contribution in [0.25, 0.3) is 0 Å². The van der Waals surface area contributed by atoms with E-state index in [1.807, 2.05) is 40.1 Å². The SMILES string of the molecule is C[C@H]1CC2(CCN(c3ccc(C(=O)N4CCN(C5CCN(c6ncc7c(n6)C(=O)N(C6CCC(=O)NC6=O)C7=O)CC5)CC4)cc3)CC2)CN1c1ccc(C#N)c(Cl)c1. The fraction of sp³-hybridized carbons (Fsp3) is 0.488. The molecule has 9 rings (SSSR count). The van der Waals surface area contributed by atoms with Crippen molar-refractivity contribution in [2.75, 3.05) is 73.6 Å². The van der Waals surface area contributed by atoms with E-state index in [-0.39, 0.29) is 35.4 Å². The second-order valence-electron chi connectivity index (χ2n) is 16.9. The molecular formula is C43H47ClN10O5. The normalized spacial score (nSPS) is 23.8. The molecule has 306 valence electrons. The molecule has 7 heterocycles. The number of rotatable bonds is 6. The van der Waals surface area contributed by atoms with Gasteiger partial charge in [-0.3, -0.25) is 39.1 Å². The van der Waals surface area contributed by atoms with Gasteiger partial charge in [-0.15, -0.1) is 0 Å². The molecule has 1 spiro atoms. The zero-order valence-electron chi connectivity index (χ0n) is 33.1. The average Bonchev–Trinajstić information content (AvgIpc) is 3.71. The summed E-state index contributed by atoms with van der Waals surface area (Å²) >= 11 is 6.38. The number of fused-ring (bicyclic) bond motifs is 1. The molecule has 5 saturated heterocycles. The molecule has 0 radical (unpaired) electrons. The highest BCUT2D eigenvalue weighted by Crippen LogP contribution is 2.46. The number of aromatic nitrogens is 2. The molecule has 1 N–H and O–H groups in total. The molecule has 2 atom stereocenters. The predicted molar refractivity (Wildman–Crippen MR) is 219 cm³/mol. The summed E-state index contributed by atoms with van der Waals surface area (Å²) in [5, 5.41) is 12.0. The number of hydrogen-bond donors (Lipinski definition) is 1. The third kappa shape index (κ3) is 7.26. The van der Waals surface area contributed by atoms with Crippen LogP contribution in [0.5, 0.6) is 0 Å². The Morgan fingerprint density at radius 1 is 0.881 bits per heavy atom. The van der Waals surface area contributed by atoms with Crippen molar-refractivity contribution in [1.29, 1.82) is 5.26 Å². The first-order valence-electron chi connectivity index (χ1n) is 20.7. The van der Waals surface area contributed by atoms with E-state index < -0.39 is 29.7 Å². The summed E-state index contributed by atoms with van der Waals surface area (Å²) < 4.78 is 0. The van der Waals surface area contributed by atoms with Crippen LogP contribution in [0.2, 0.25) is 5.02 Å². The lowest BCUT2D eigenvalue weighted by molar-refractivity contribution is -0.136. The van der Waals surface area contributed by atoms with Gasteiger partial charge in [-0.2, -0.15) is 5.26 Å². The molecule has 2 aromatic carbocycles. The van der Waals surface area contributed by atoms with Crippen LogP contribution >= 0.6 is 11.6 Å². The summed E-state index contributed by atoms with van der Waals surface area (Å²) in [5.74, 6) is -1.91. The molecule has 59 heavy (non-hydrogen) atoms. The molecule has 15 nitrogen and oxygen atoms in total. The van der Waals surface area contributed by atoms with Crippen molar-refractivity contribution >= 4 is 58.5 Å². The summed E-state index contributed by atoms with van der Waals surface area (Å²) in [5.41, 5.74) is 3.74. The van der Waals surface area contributed by atoms with E-state index in [9.17, 15) is 29.2 Å². The number of hydrogen-bond acceptors (Lipinski definition) is 12. The summed E-state index contributed by atoms with van der Waals surface area (Å²) in [6.45, 7) is 9.46. The van der Waals surface area contributed by atoms with E-state index in [1.54, 1.807) is 0 Å². The monoisotopic (exact) mass is 818 g/mol. The number of piperazine rings is 1. The maximum absolute atomic E-state index is 13.6. The second-order valence-corrected chi connectivity index (χ2v) is 17.3. The fourth-order valence-corrected chi connectivity index (χ4v) is 10.4. The largest absolute Gasteiger partial charge is 0.371 e. The molecule has 0 saturated carbocycles. The molecule has 6 aliphatic heterocycles. The Bertz CT molecular complexity index is 2240. The summed E-state index contributed by atoms with van der Waals surface area (Å²) in [6, 6.07) is 15.7. The molecule has 0 aliphatic carbocycles. The molecule has 6 aliphatic rings. The molecular weight excluding hydrogens is 772 g/mol. The van der Waals surface area contributed by atoms with Crippen molar-refractivity contribution in [3.8, 4) is 6.07 Å². The molecule has 3 aromatic rings. The Morgan fingerprint density at radius 2 is 1.59 bits per heavy atom. The van der Waals surface area contributed by atoms with Crippen molar-refractivity contribution in [3.63, 3.8) is 0 Å². The Labute approximate surface area is 347 Å². The minimum absolute atomic E-state index is 0.0124.